The van der Waals surface area contributed by atoms with Crippen LogP contribution in [0.15, 0.2) is 18.2 Å². The summed E-state index contributed by atoms with van der Waals surface area (Å²) in [7, 11) is 2.14. The molecule has 1 amide bonds. The van der Waals surface area contributed by atoms with Gasteiger partial charge >= 0.3 is 0 Å². The van der Waals surface area contributed by atoms with E-state index in [1.54, 1.807) is 12.1 Å². The number of nitrogens with zero attached hydrogens (tertiary/aromatic N) is 1. The van der Waals surface area contributed by atoms with Gasteiger partial charge in [0.1, 0.15) is 0 Å². The number of para-hydroxylation sites is 1. The molecule has 0 saturated carbocycles. The fourth-order valence-corrected chi connectivity index (χ4v) is 2.55. The first-order valence-corrected chi connectivity index (χ1v) is 6.64. The van der Waals surface area contributed by atoms with Gasteiger partial charge in [0.05, 0.1) is 16.9 Å². The topological polar surface area (TPSA) is 84.4 Å². The number of likely N-dealkylation sites (tertiary alicyclic amines) is 1. The lowest BCUT2D eigenvalue weighted by molar-refractivity contribution is 0.100. The third kappa shape index (κ3) is 2.98. The summed E-state index contributed by atoms with van der Waals surface area (Å²) in [4.78, 5) is 13.6. The van der Waals surface area contributed by atoms with Gasteiger partial charge < -0.3 is 21.7 Å². The van der Waals surface area contributed by atoms with Gasteiger partial charge in [0.25, 0.3) is 5.91 Å². The van der Waals surface area contributed by atoms with E-state index in [9.17, 15) is 4.79 Å². The van der Waals surface area contributed by atoms with Crippen LogP contribution in [0.1, 0.15) is 30.1 Å². The van der Waals surface area contributed by atoms with Crippen LogP contribution in [0.25, 0.3) is 0 Å². The maximum atomic E-state index is 11.3. The van der Waals surface area contributed by atoms with Gasteiger partial charge in [-0.3, -0.25) is 4.79 Å². The minimum absolute atomic E-state index is 0.381. The highest BCUT2D eigenvalue weighted by atomic mass is 16.1. The maximum absolute atomic E-state index is 11.3. The molecular weight excluding hydrogens is 240 g/mol. The molecule has 0 radical (unpaired) electrons. The first kappa shape index (κ1) is 13.7. The van der Waals surface area contributed by atoms with E-state index in [4.69, 9.17) is 11.5 Å². The summed E-state index contributed by atoms with van der Waals surface area (Å²) in [5.74, 6) is -0.488. The predicted octanol–water partition coefficient (Wildman–Crippen LogP) is 1.26. The number of nitrogens with two attached hydrogens (primary N) is 2. The molecule has 0 aromatic heterocycles. The third-order valence-electron chi connectivity index (χ3n) is 3.94. The summed E-state index contributed by atoms with van der Waals surface area (Å²) >= 11 is 0. The zero-order valence-corrected chi connectivity index (χ0v) is 11.5. The Kier molecular flexibility index (Phi) is 3.95. The average molecular weight is 262 g/mol. The van der Waals surface area contributed by atoms with Crippen LogP contribution in [0.3, 0.4) is 0 Å². The molecule has 19 heavy (non-hydrogen) atoms. The highest BCUT2D eigenvalue weighted by molar-refractivity contribution is 6.00. The summed E-state index contributed by atoms with van der Waals surface area (Å²) in [5, 5.41) is 3.44. The molecule has 0 spiro atoms. The average Bonchev–Trinajstić information content (AvgIpc) is 2.36. The van der Waals surface area contributed by atoms with Crippen LogP contribution < -0.4 is 16.8 Å². The Hall–Kier alpha value is -1.75. The molecule has 1 aliphatic rings. The largest absolute Gasteiger partial charge is 0.396 e. The van der Waals surface area contributed by atoms with Gasteiger partial charge in [-0.2, -0.15) is 0 Å². The van der Waals surface area contributed by atoms with Crippen molar-refractivity contribution in [1.82, 2.24) is 4.90 Å². The van der Waals surface area contributed by atoms with Crippen molar-refractivity contribution in [2.45, 2.75) is 31.8 Å². The van der Waals surface area contributed by atoms with E-state index >= 15 is 0 Å². The zero-order valence-electron chi connectivity index (χ0n) is 11.5. The lowest BCUT2D eigenvalue weighted by Crippen LogP contribution is -2.42. The van der Waals surface area contributed by atoms with Crippen LogP contribution in [0.4, 0.5) is 11.4 Å². The SMILES string of the molecule is CC1CC(Nc2cccc(C(N)=O)c2N)CCN1C. The van der Waals surface area contributed by atoms with E-state index in [0.29, 0.717) is 23.3 Å². The Morgan fingerprint density at radius 3 is 2.84 bits per heavy atom. The molecule has 1 aromatic carbocycles. The van der Waals surface area contributed by atoms with Crippen LogP contribution in [0, 0.1) is 0 Å². The summed E-state index contributed by atoms with van der Waals surface area (Å²) in [5.41, 5.74) is 12.9. The lowest BCUT2D eigenvalue weighted by Gasteiger charge is -2.36. The van der Waals surface area contributed by atoms with E-state index in [1.807, 2.05) is 6.07 Å². The number of nitrogens with one attached hydrogen (secondary N) is 1. The number of hydrogen-bond acceptors (Lipinski definition) is 4. The molecule has 5 heteroatoms. The van der Waals surface area contributed by atoms with Gasteiger partial charge in [-0.15, -0.1) is 0 Å². The molecule has 1 aromatic rings. The Morgan fingerprint density at radius 1 is 1.47 bits per heavy atom. The number of hydrogen-bond donors (Lipinski definition) is 3. The van der Waals surface area contributed by atoms with E-state index in [2.05, 4.69) is 24.2 Å². The van der Waals surface area contributed by atoms with Crippen molar-refractivity contribution >= 4 is 17.3 Å². The summed E-state index contributed by atoms with van der Waals surface area (Å²) < 4.78 is 0. The predicted molar refractivity (Wildman–Crippen MR) is 78.1 cm³/mol. The van der Waals surface area contributed by atoms with Crippen LogP contribution in [-0.2, 0) is 0 Å². The van der Waals surface area contributed by atoms with Gasteiger partial charge in [0.2, 0.25) is 0 Å². The van der Waals surface area contributed by atoms with Crippen LogP contribution in [0.2, 0.25) is 0 Å². The fourth-order valence-electron chi connectivity index (χ4n) is 2.55. The van der Waals surface area contributed by atoms with Crippen molar-refractivity contribution in [3.8, 4) is 0 Å². The van der Waals surface area contributed by atoms with E-state index in [-0.39, 0.29) is 0 Å². The number of primary amides is 1. The van der Waals surface area contributed by atoms with Crippen molar-refractivity contribution in [1.29, 1.82) is 0 Å². The Bertz CT molecular complexity index is 475. The Balaban J connectivity index is 2.11. The standard InChI is InChI=1S/C14H22N4O/c1-9-8-10(6-7-18(9)2)17-12-5-3-4-11(13(12)15)14(16)19/h3-5,9-10,17H,6-8,15H2,1-2H3,(H2,16,19). The van der Waals surface area contributed by atoms with Gasteiger partial charge in [-0.05, 0) is 38.9 Å². The summed E-state index contributed by atoms with van der Waals surface area (Å²) in [6.45, 7) is 3.28. The molecule has 2 rings (SSSR count). The van der Waals surface area contributed by atoms with Crippen LogP contribution in [-0.4, -0.2) is 36.5 Å². The Morgan fingerprint density at radius 2 is 2.21 bits per heavy atom. The second-order valence-corrected chi connectivity index (χ2v) is 5.33. The second-order valence-electron chi connectivity index (χ2n) is 5.33. The van der Waals surface area contributed by atoms with Crippen molar-refractivity contribution in [2.75, 3.05) is 24.6 Å². The number of nitrogen functional groups attached to an aromatic ring is 1. The second kappa shape index (κ2) is 5.48. The van der Waals surface area contributed by atoms with Crippen molar-refractivity contribution in [3.05, 3.63) is 23.8 Å². The molecular formula is C14H22N4O. The number of amides is 1. The lowest BCUT2D eigenvalue weighted by atomic mass is 9.98. The molecule has 1 heterocycles. The van der Waals surface area contributed by atoms with E-state index in [0.717, 1.165) is 25.1 Å². The minimum Gasteiger partial charge on any atom is -0.396 e. The molecule has 5 nitrogen and oxygen atoms in total. The number of rotatable bonds is 3. The van der Waals surface area contributed by atoms with Gasteiger partial charge in [-0.1, -0.05) is 6.07 Å². The molecule has 1 aliphatic heterocycles. The van der Waals surface area contributed by atoms with Crippen molar-refractivity contribution in [3.63, 3.8) is 0 Å². The molecule has 5 N–H and O–H groups in total. The van der Waals surface area contributed by atoms with E-state index in [1.165, 1.54) is 0 Å². The molecule has 2 atom stereocenters. The van der Waals surface area contributed by atoms with Gasteiger partial charge in [0.15, 0.2) is 0 Å². The highest BCUT2D eigenvalue weighted by Gasteiger charge is 2.23. The highest BCUT2D eigenvalue weighted by Crippen LogP contribution is 2.26. The normalized spacial score (nSPS) is 24.1. The number of anilines is 2. The third-order valence-corrected chi connectivity index (χ3v) is 3.94. The minimum atomic E-state index is -0.488. The maximum Gasteiger partial charge on any atom is 0.250 e. The van der Waals surface area contributed by atoms with Crippen LogP contribution in [0.5, 0.6) is 0 Å². The first-order valence-electron chi connectivity index (χ1n) is 6.64. The smallest absolute Gasteiger partial charge is 0.250 e. The summed E-state index contributed by atoms with van der Waals surface area (Å²) in [6, 6.07) is 6.28. The number of carbonyl (C=O) groups is 1. The molecule has 0 aliphatic carbocycles. The number of carbonyl (C=O) groups excluding carboxylic acids is 1. The monoisotopic (exact) mass is 262 g/mol. The molecule has 104 valence electrons. The summed E-state index contributed by atoms with van der Waals surface area (Å²) in [6.07, 6.45) is 2.14. The zero-order chi connectivity index (χ0) is 14.0. The molecule has 2 unspecified atom stereocenters. The van der Waals surface area contributed by atoms with Crippen molar-refractivity contribution < 1.29 is 4.79 Å². The first-order chi connectivity index (χ1) is 8.99. The van der Waals surface area contributed by atoms with E-state index < -0.39 is 5.91 Å². The number of piperidine rings is 1. The van der Waals surface area contributed by atoms with Crippen LogP contribution >= 0.6 is 0 Å². The molecule has 1 saturated heterocycles. The Labute approximate surface area is 113 Å². The fraction of sp³-hybridized carbons (Fsp3) is 0.500. The van der Waals surface area contributed by atoms with Gasteiger partial charge in [0, 0.05) is 18.6 Å². The quantitative estimate of drug-likeness (QED) is 0.716. The van der Waals surface area contributed by atoms with Gasteiger partial charge in [-0.25, -0.2) is 0 Å². The molecule has 0 bridgehead atoms. The number of benzene rings is 1. The molecule has 1 fully saturated rings. The van der Waals surface area contributed by atoms with Crippen molar-refractivity contribution in [2.24, 2.45) is 5.73 Å².